The van der Waals surface area contributed by atoms with Gasteiger partial charge in [0, 0.05) is 24.2 Å². The van der Waals surface area contributed by atoms with Gasteiger partial charge in [-0.05, 0) is 44.9 Å². The summed E-state index contributed by atoms with van der Waals surface area (Å²) < 4.78 is 0. The SMILES string of the molecule is CC(C)N(Cc1cccc(C=NNc2nc(-c3ccccc3)c(C#N)c(=O)[nH]2)c1)C(C)C. The molecule has 164 valence electrons. The van der Waals surface area contributed by atoms with Crippen LogP contribution in [0, 0.1) is 11.3 Å². The van der Waals surface area contributed by atoms with E-state index in [0.717, 1.165) is 12.1 Å². The number of rotatable bonds is 8. The topological polar surface area (TPSA) is 97.2 Å². The molecule has 7 nitrogen and oxygen atoms in total. The first kappa shape index (κ1) is 22.9. The van der Waals surface area contributed by atoms with E-state index < -0.39 is 5.56 Å². The molecule has 1 heterocycles. The lowest BCUT2D eigenvalue weighted by Crippen LogP contribution is -2.36. The van der Waals surface area contributed by atoms with E-state index in [0.29, 0.717) is 23.3 Å². The molecule has 1 aromatic heterocycles. The Bertz CT molecular complexity index is 1170. The van der Waals surface area contributed by atoms with E-state index >= 15 is 0 Å². The molecule has 7 heteroatoms. The Balaban J connectivity index is 1.79. The van der Waals surface area contributed by atoms with Crippen molar-refractivity contribution in [2.75, 3.05) is 5.43 Å². The smallest absolute Gasteiger partial charge is 0.270 e. The number of hydrazone groups is 1. The zero-order valence-electron chi connectivity index (χ0n) is 18.8. The highest BCUT2D eigenvalue weighted by Gasteiger charge is 2.14. The molecule has 3 rings (SSSR count). The lowest BCUT2D eigenvalue weighted by atomic mass is 10.1. The Morgan fingerprint density at radius 2 is 1.84 bits per heavy atom. The van der Waals surface area contributed by atoms with Gasteiger partial charge >= 0.3 is 0 Å². The molecule has 0 atom stereocenters. The fourth-order valence-electron chi connectivity index (χ4n) is 3.55. The van der Waals surface area contributed by atoms with Crippen molar-refractivity contribution in [1.29, 1.82) is 5.26 Å². The summed E-state index contributed by atoms with van der Waals surface area (Å²) in [6.07, 6.45) is 1.68. The number of anilines is 1. The van der Waals surface area contributed by atoms with Crippen molar-refractivity contribution in [2.24, 2.45) is 5.10 Å². The number of nitrogens with one attached hydrogen (secondary N) is 2. The van der Waals surface area contributed by atoms with Crippen molar-refractivity contribution in [1.82, 2.24) is 14.9 Å². The highest BCUT2D eigenvalue weighted by atomic mass is 16.1. The van der Waals surface area contributed by atoms with Crippen molar-refractivity contribution < 1.29 is 0 Å². The summed E-state index contributed by atoms with van der Waals surface area (Å²) in [5.41, 5.74) is 5.38. The van der Waals surface area contributed by atoms with Gasteiger partial charge in [0.2, 0.25) is 5.95 Å². The van der Waals surface area contributed by atoms with E-state index in [2.05, 4.69) is 65.2 Å². The number of nitrogens with zero attached hydrogens (tertiary/aromatic N) is 4. The number of benzene rings is 2. The number of nitriles is 1. The largest absolute Gasteiger partial charge is 0.294 e. The number of aromatic amines is 1. The van der Waals surface area contributed by atoms with E-state index in [1.54, 1.807) is 18.3 Å². The van der Waals surface area contributed by atoms with Gasteiger partial charge in [0.1, 0.15) is 11.6 Å². The van der Waals surface area contributed by atoms with E-state index in [4.69, 9.17) is 0 Å². The minimum absolute atomic E-state index is 0.0294. The molecular weight excluding hydrogens is 400 g/mol. The molecule has 0 aliphatic heterocycles. The number of aromatic nitrogens is 2. The van der Waals surface area contributed by atoms with Gasteiger partial charge < -0.3 is 0 Å². The molecule has 0 saturated carbocycles. The van der Waals surface area contributed by atoms with Gasteiger partial charge in [-0.1, -0.05) is 48.5 Å². The zero-order valence-corrected chi connectivity index (χ0v) is 18.8. The first-order valence-corrected chi connectivity index (χ1v) is 10.6. The van der Waals surface area contributed by atoms with Gasteiger partial charge in [-0.15, -0.1) is 0 Å². The van der Waals surface area contributed by atoms with Crippen LogP contribution in [0.5, 0.6) is 0 Å². The average Bonchev–Trinajstić information content (AvgIpc) is 2.77. The Morgan fingerprint density at radius 1 is 1.12 bits per heavy atom. The molecule has 32 heavy (non-hydrogen) atoms. The zero-order chi connectivity index (χ0) is 23.1. The fraction of sp³-hybridized carbons (Fsp3) is 0.280. The molecule has 3 aromatic rings. The maximum Gasteiger partial charge on any atom is 0.270 e. The predicted octanol–water partition coefficient (Wildman–Crippen LogP) is 4.37. The van der Waals surface area contributed by atoms with E-state index in [-0.39, 0.29) is 11.5 Å². The molecule has 2 aromatic carbocycles. The van der Waals surface area contributed by atoms with Crippen LogP contribution in [0.3, 0.4) is 0 Å². The standard InChI is InChI=1S/C25H28N6O/c1-17(2)31(18(3)4)16-20-10-8-9-19(13-20)15-27-30-25-28-23(21-11-6-5-7-12-21)22(14-26)24(32)29-25/h5-13,15,17-18H,16H2,1-4H3,(H2,28,29,30,32). The third-order valence-corrected chi connectivity index (χ3v) is 5.11. The van der Waals surface area contributed by atoms with Gasteiger partial charge in [-0.25, -0.2) is 10.4 Å². The Morgan fingerprint density at radius 3 is 2.50 bits per heavy atom. The van der Waals surface area contributed by atoms with Gasteiger partial charge in [-0.3, -0.25) is 14.7 Å². The summed E-state index contributed by atoms with van der Waals surface area (Å²) in [7, 11) is 0. The van der Waals surface area contributed by atoms with E-state index in [1.807, 2.05) is 36.4 Å². The third-order valence-electron chi connectivity index (χ3n) is 5.11. The second-order valence-electron chi connectivity index (χ2n) is 8.09. The first-order valence-electron chi connectivity index (χ1n) is 10.6. The van der Waals surface area contributed by atoms with Crippen LogP contribution in [0.15, 0.2) is 64.5 Å². The molecule has 0 amide bonds. The third kappa shape index (κ3) is 5.68. The molecule has 0 aliphatic rings. The van der Waals surface area contributed by atoms with Crippen molar-refractivity contribution in [3.05, 3.63) is 81.6 Å². The maximum atomic E-state index is 12.3. The van der Waals surface area contributed by atoms with E-state index in [1.165, 1.54) is 5.56 Å². The summed E-state index contributed by atoms with van der Waals surface area (Å²) in [6, 6.07) is 20.1. The lowest BCUT2D eigenvalue weighted by Gasteiger charge is -2.30. The number of hydrogen-bond donors (Lipinski definition) is 2. The summed E-state index contributed by atoms with van der Waals surface area (Å²) in [4.78, 5) is 21.7. The Hall–Kier alpha value is -3.76. The van der Waals surface area contributed by atoms with Gasteiger partial charge in [0.25, 0.3) is 5.56 Å². The van der Waals surface area contributed by atoms with Gasteiger partial charge in [-0.2, -0.15) is 10.4 Å². The van der Waals surface area contributed by atoms with Crippen molar-refractivity contribution >= 4 is 12.2 Å². The van der Waals surface area contributed by atoms with Crippen molar-refractivity contribution in [2.45, 2.75) is 46.3 Å². The Labute approximate surface area is 188 Å². The normalized spacial score (nSPS) is 11.4. The van der Waals surface area contributed by atoms with Crippen LogP contribution in [0.1, 0.15) is 44.4 Å². The minimum Gasteiger partial charge on any atom is -0.294 e. The molecule has 0 saturated heterocycles. The maximum absolute atomic E-state index is 12.3. The van der Waals surface area contributed by atoms with Crippen LogP contribution in [0.25, 0.3) is 11.3 Å². The highest BCUT2D eigenvalue weighted by Crippen LogP contribution is 2.19. The summed E-state index contributed by atoms with van der Waals surface area (Å²) >= 11 is 0. The summed E-state index contributed by atoms with van der Waals surface area (Å²) in [5, 5.41) is 13.6. The van der Waals surface area contributed by atoms with Crippen LogP contribution < -0.4 is 11.0 Å². The van der Waals surface area contributed by atoms with Crippen LogP contribution in [-0.2, 0) is 6.54 Å². The van der Waals surface area contributed by atoms with Crippen molar-refractivity contribution in [3.8, 4) is 17.3 Å². The quantitative estimate of drug-likeness (QED) is 0.410. The second kappa shape index (κ2) is 10.5. The molecule has 2 N–H and O–H groups in total. The van der Waals surface area contributed by atoms with E-state index in [9.17, 15) is 10.1 Å². The molecule has 0 radical (unpaired) electrons. The first-order chi connectivity index (χ1) is 15.4. The number of H-pyrrole nitrogens is 1. The molecule has 0 spiro atoms. The molecule has 0 aliphatic carbocycles. The summed E-state index contributed by atoms with van der Waals surface area (Å²) in [6.45, 7) is 9.65. The average molecular weight is 429 g/mol. The lowest BCUT2D eigenvalue weighted by molar-refractivity contribution is 0.166. The van der Waals surface area contributed by atoms with Crippen LogP contribution >= 0.6 is 0 Å². The van der Waals surface area contributed by atoms with Crippen LogP contribution in [0.4, 0.5) is 5.95 Å². The number of hydrogen-bond acceptors (Lipinski definition) is 6. The molecular formula is C25H28N6O. The fourth-order valence-corrected chi connectivity index (χ4v) is 3.55. The van der Waals surface area contributed by atoms with Gasteiger partial charge in [0.05, 0.1) is 11.9 Å². The summed E-state index contributed by atoms with van der Waals surface area (Å²) in [5.74, 6) is 0.172. The Kier molecular flexibility index (Phi) is 7.53. The predicted molar refractivity (Wildman–Crippen MR) is 128 cm³/mol. The van der Waals surface area contributed by atoms with Gasteiger partial charge in [0.15, 0.2) is 0 Å². The monoisotopic (exact) mass is 428 g/mol. The molecule has 0 fully saturated rings. The molecule has 0 bridgehead atoms. The molecule has 0 unspecified atom stereocenters. The van der Waals surface area contributed by atoms with Crippen LogP contribution in [0.2, 0.25) is 0 Å². The second-order valence-corrected chi connectivity index (χ2v) is 8.09. The van der Waals surface area contributed by atoms with Crippen molar-refractivity contribution in [3.63, 3.8) is 0 Å². The van der Waals surface area contributed by atoms with Crippen LogP contribution in [-0.4, -0.2) is 33.2 Å². The minimum atomic E-state index is -0.511. The highest BCUT2D eigenvalue weighted by molar-refractivity contribution is 5.80.